The van der Waals surface area contributed by atoms with Gasteiger partial charge in [-0.2, -0.15) is 0 Å². The zero-order valence-electron chi connectivity index (χ0n) is 15.2. The van der Waals surface area contributed by atoms with Crippen LogP contribution in [0.25, 0.3) is 6.08 Å². The molecular formula is C21H21FN2O3. The van der Waals surface area contributed by atoms with Gasteiger partial charge in [0.25, 0.3) is 5.91 Å². The number of urea groups is 1. The number of hydrogen-bond acceptors (Lipinski definition) is 3. The number of nitrogens with one attached hydrogen (secondary N) is 1. The van der Waals surface area contributed by atoms with E-state index < -0.39 is 17.8 Å². The number of ether oxygens (including phenoxy) is 1. The maximum Gasteiger partial charge on any atom is 0.329 e. The molecule has 0 saturated carbocycles. The van der Waals surface area contributed by atoms with Crippen LogP contribution in [0.15, 0.2) is 54.2 Å². The number of hydrogen-bond donors (Lipinski definition) is 1. The summed E-state index contributed by atoms with van der Waals surface area (Å²) in [7, 11) is 0. The molecule has 5 nitrogen and oxygen atoms in total. The van der Waals surface area contributed by atoms with Crippen molar-refractivity contribution in [1.29, 1.82) is 0 Å². The van der Waals surface area contributed by atoms with Gasteiger partial charge in [0.2, 0.25) is 0 Å². The van der Waals surface area contributed by atoms with Crippen molar-refractivity contribution in [2.75, 3.05) is 6.61 Å². The maximum absolute atomic E-state index is 13.8. The molecule has 0 radical (unpaired) electrons. The van der Waals surface area contributed by atoms with Crippen molar-refractivity contribution in [3.63, 3.8) is 0 Å². The highest BCUT2D eigenvalue weighted by atomic mass is 19.1. The molecule has 1 N–H and O–H groups in total. The van der Waals surface area contributed by atoms with Crippen LogP contribution in [0.5, 0.6) is 5.75 Å². The monoisotopic (exact) mass is 368 g/mol. The summed E-state index contributed by atoms with van der Waals surface area (Å²) in [5.74, 6) is 0.239. The van der Waals surface area contributed by atoms with Gasteiger partial charge in [0, 0.05) is 5.56 Å². The first-order valence-corrected chi connectivity index (χ1v) is 8.75. The van der Waals surface area contributed by atoms with Gasteiger partial charge in [-0.05, 0) is 35.8 Å². The minimum Gasteiger partial charge on any atom is -0.493 e. The van der Waals surface area contributed by atoms with Crippen LogP contribution >= 0.6 is 0 Å². The highest BCUT2D eigenvalue weighted by Gasteiger charge is 2.33. The van der Waals surface area contributed by atoms with Crippen LogP contribution < -0.4 is 10.1 Å². The Morgan fingerprint density at radius 2 is 1.81 bits per heavy atom. The molecule has 1 aliphatic heterocycles. The Labute approximate surface area is 157 Å². The zero-order chi connectivity index (χ0) is 19.4. The Hall–Kier alpha value is -3.15. The molecule has 0 unspecified atom stereocenters. The Balaban J connectivity index is 1.71. The van der Waals surface area contributed by atoms with Gasteiger partial charge in [-0.15, -0.1) is 0 Å². The minimum atomic E-state index is -0.564. The van der Waals surface area contributed by atoms with E-state index in [-0.39, 0.29) is 17.8 Å². The third-order valence-electron chi connectivity index (χ3n) is 4.02. The van der Waals surface area contributed by atoms with Crippen molar-refractivity contribution >= 4 is 18.0 Å². The van der Waals surface area contributed by atoms with Gasteiger partial charge in [0.15, 0.2) is 0 Å². The fourth-order valence-electron chi connectivity index (χ4n) is 2.60. The number of amides is 3. The van der Waals surface area contributed by atoms with Crippen LogP contribution in [0.2, 0.25) is 0 Å². The van der Waals surface area contributed by atoms with E-state index in [1.54, 1.807) is 24.3 Å². The fraction of sp³-hybridized carbons (Fsp3) is 0.238. The molecule has 1 saturated heterocycles. The average molecular weight is 368 g/mol. The topological polar surface area (TPSA) is 58.6 Å². The van der Waals surface area contributed by atoms with Crippen molar-refractivity contribution in [2.24, 2.45) is 5.92 Å². The van der Waals surface area contributed by atoms with Crippen LogP contribution in [-0.4, -0.2) is 23.4 Å². The third-order valence-corrected chi connectivity index (χ3v) is 4.02. The van der Waals surface area contributed by atoms with Gasteiger partial charge >= 0.3 is 6.03 Å². The van der Waals surface area contributed by atoms with E-state index in [0.717, 1.165) is 16.2 Å². The Morgan fingerprint density at radius 3 is 2.48 bits per heavy atom. The van der Waals surface area contributed by atoms with E-state index in [9.17, 15) is 14.0 Å². The number of carbonyl (C=O) groups excluding carboxylic acids is 2. The van der Waals surface area contributed by atoms with E-state index in [2.05, 4.69) is 19.2 Å². The molecule has 3 rings (SSSR count). The van der Waals surface area contributed by atoms with E-state index in [1.165, 1.54) is 6.07 Å². The van der Waals surface area contributed by atoms with Crippen LogP contribution in [0.3, 0.4) is 0 Å². The molecule has 0 aromatic heterocycles. The van der Waals surface area contributed by atoms with Crippen molar-refractivity contribution in [3.8, 4) is 5.75 Å². The van der Waals surface area contributed by atoms with Crippen LogP contribution in [-0.2, 0) is 11.3 Å². The standard InChI is InChI=1S/C21H21FN2O3/c1-14(2)13-27-17-9-7-15(8-10-17)11-19-20(25)24(21(26)23-19)12-16-5-3-4-6-18(16)22/h3-11,14H,12-13H2,1-2H3,(H,23,26)/b19-11-. The summed E-state index contributed by atoms with van der Waals surface area (Å²) in [4.78, 5) is 25.6. The largest absolute Gasteiger partial charge is 0.493 e. The number of rotatable bonds is 6. The van der Waals surface area contributed by atoms with Gasteiger partial charge in [-0.1, -0.05) is 44.2 Å². The number of benzene rings is 2. The average Bonchev–Trinajstić information content (AvgIpc) is 2.90. The summed E-state index contributed by atoms with van der Waals surface area (Å²) >= 11 is 0. The van der Waals surface area contributed by atoms with Gasteiger partial charge in [-0.3, -0.25) is 9.69 Å². The maximum atomic E-state index is 13.8. The number of halogens is 1. The molecule has 1 aliphatic rings. The molecule has 0 bridgehead atoms. The molecule has 0 spiro atoms. The van der Waals surface area contributed by atoms with Crippen molar-refractivity contribution < 1.29 is 18.7 Å². The molecule has 2 aromatic carbocycles. The lowest BCUT2D eigenvalue weighted by atomic mass is 10.1. The lowest BCUT2D eigenvalue weighted by Gasteiger charge is -2.12. The van der Waals surface area contributed by atoms with E-state index in [1.807, 2.05) is 24.3 Å². The summed E-state index contributed by atoms with van der Waals surface area (Å²) in [6, 6.07) is 12.7. The predicted molar refractivity (Wildman–Crippen MR) is 100 cm³/mol. The van der Waals surface area contributed by atoms with E-state index in [4.69, 9.17) is 4.74 Å². The molecule has 0 aliphatic carbocycles. The van der Waals surface area contributed by atoms with Crippen LogP contribution in [0, 0.1) is 11.7 Å². The smallest absolute Gasteiger partial charge is 0.329 e. The lowest BCUT2D eigenvalue weighted by molar-refractivity contribution is -0.123. The Kier molecular flexibility index (Phi) is 5.54. The molecule has 1 heterocycles. The summed E-state index contributed by atoms with van der Waals surface area (Å²) in [5.41, 5.74) is 1.20. The number of imide groups is 1. The molecule has 0 atom stereocenters. The quantitative estimate of drug-likeness (QED) is 0.620. The van der Waals surface area contributed by atoms with Crippen LogP contribution in [0.4, 0.5) is 9.18 Å². The van der Waals surface area contributed by atoms with Gasteiger partial charge in [-0.25, -0.2) is 9.18 Å². The fourth-order valence-corrected chi connectivity index (χ4v) is 2.60. The molecule has 1 fully saturated rings. The van der Waals surface area contributed by atoms with Gasteiger partial charge in [0.05, 0.1) is 13.2 Å². The third kappa shape index (κ3) is 4.53. The van der Waals surface area contributed by atoms with E-state index >= 15 is 0 Å². The van der Waals surface area contributed by atoms with Gasteiger partial charge in [0.1, 0.15) is 17.3 Å². The van der Waals surface area contributed by atoms with Crippen molar-refractivity contribution in [2.45, 2.75) is 20.4 Å². The first kappa shape index (κ1) is 18.6. The minimum absolute atomic E-state index is 0.114. The van der Waals surface area contributed by atoms with Crippen molar-refractivity contribution in [1.82, 2.24) is 10.2 Å². The van der Waals surface area contributed by atoms with E-state index in [0.29, 0.717) is 12.5 Å². The normalized spacial score (nSPS) is 15.6. The van der Waals surface area contributed by atoms with Crippen molar-refractivity contribution in [3.05, 3.63) is 71.2 Å². The molecular weight excluding hydrogens is 347 g/mol. The molecule has 3 amide bonds. The first-order chi connectivity index (χ1) is 12.9. The summed E-state index contributed by atoms with van der Waals surface area (Å²) in [6.07, 6.45) is 1.59. The summed E-state index contributed by atoms with van der Waals surface area (Å²) < 4.78 is 19.4. The molecule has 6 heteroatoms. The molecule has 140 valence electrons. The Morgan fingerprint density at radius 1 is 1.11 bits per heavy atom. The zero-order valence-corrected chi connectivity index (χ0v) is 15.2. The summed E-state index contributed by atoms with van der Waals surface area (Å²) in [6.45, 7) is 4.65. The van der Waals surface area contributed by atoms with Gasteiger partial charge < -0.3 is 10.1 Å². The Bertz CT molecular complexity index is 875. The highest BCUT2D eigenvalue weighted by Crippen LogP contribution is 2.20. The molecule has 2 aromatic rings. The second-order valence-corrected chi connectivity index (χ2v) is 6.74. The summed E-state index contributed by atoms with van der Waals surface area (Å²) in [5, 5.41) is 2.54. The second-order valence-electron chi connectivity index (χ2n) is 6.74. The number of carbonyl (C=O) groups is 2. The predicted octanol–water partition coefficient (Wildman–Crippen LogP) is 3.95. The highest BCUT2D eigenvalue weighted by molar-refractivity contribution is 6.13. The lowest BCUT2D eigenvalue weighted by Crippen LogP contribution is -2.30. The van der Waals surface area contributed by atoms with Crippen LogP contribution in [0.1, 0.15) is 25.0 Å². The second kappa shape index (κ2) is 8.03. The first-order valence-electron chi connectivity index (χ1n) is 8.75. The SMILES string of the molecule is CC(C)COc1ccc(/C=C2\NC(=O)N(Cc3ccccc3F)C2=O)cc1. The molecule has 27 heavy (non-hydrogen) atoms. The number of nitrogens with zero attached hydrogens (tertiary/aromatic N) is 1.